The van der Waals surface area contributed by atoms with Crippen LogP contribution in [-0.4, -0.2) is 21.1 Å². The molecular formula is C5H14N2O3S. The maximum absolute atomic E-state index is 10.7. The Kier molecular flexibility index (Phi) is 3.43. The highest BCUT2D eigenvalue weighted by Gasteiger charge is 2.14. The third-order valence-electron chi connectivity index (χ3n) is 0.726. The van der Waals surface area contributed by atoms with Gasteiger partial charge in [0.05, 0.1) is 5.60 Å². The van der Waals surface area contributed by atoms with E-state index in [1.807, 2.05) is 4.89 Å². The van der Waals surface area contributed by atoms with Crippen LogP contribution in [0.15, 0.2) is 0 Å². The van der Waals surface area contributed by atoms with Gasteiger partial charge in [0, 0.05) is 7.05 Å². The third-order valence-corrected chi connectivity index (χ3v) is 1.57. The number of rotatable bonds is 3. The van der Waals surface area contributed by atoms with Crippen LogP contribution in [0.4, 0.5) is 0 Å². The van der Waals surface area contributed by atoms with Gasteiger partial charge in [-0.25, -0.2) is 4.72 Å². The molecule has 0 saturated heterocycles. The van der Waals surface area contributed by atoms with Crippen LogP contribution in [0.25, 0.3) is 0 Å². The van der Waals surface area contributed by atoms with Crippen LogP contribution < -0.4 is 9.61 Å². The highest BCUT2D eigenvalue weighted by molar-refractivity contribution is 7.87. The van der Waals surface area contributed by atoms with Crippen molar-refractivity contribution in [2.45, 2.75) is 26.4 Å². The molecule has 0 aliphatic carbocycles. The highest BCUT2D eigenvalue weighted by Crippen LogP contribution is 2.03. The summed E-state index contributed by atoms with van der Waals surface area (Å²) in [6, 6.07) is 0. The second kappa shape index (κ2) is 3.48. The summed E-state index contributed by atoms with van der Waals surface area (Å²) < 4.78 is 23.4. The molecule has 0 heterocycles. The molecule has 68 valence electrons. The van der Waals surface area contributed by atoms with Gasteiger partial charge >= 0.3 is 0 Å². The van der Waals surface area contributed by atoms with Crippen molar-refractivity contribution < 1.29 is 13.3 Å². The van der Waals surface area contributed by atoms with Crippen molar-refractivity contribution in [3.05, 3.63) is 0 Å². The molecule has 0 aliphatic heterocycles. The van der Waals surface area contributed by atoms with E-state index in [0.29, 0.717) is 0 Å². The summed E-state index contributed by atoms with van der Waals surface area (Å²) >= 11 is 0. The zero-order valence-electron chi connectivity index (χ0n) is 7.13. The van der Waals surface area contributed by atoms with Gasteiger partial charge in [-0.05, 0) is 20.8 Å². The standard InChI is InChI=1S/C5H14N2O3S/c1-5(2,3)10-7-11(8,9)6-4/h6-7H,1-4H3. The average Bonchev–Trinajstić information content (AvgIpc) is 1.83. The zero-order chi connectivity index (χ0) is 9.12. The molecule has 5 nitrogen and oxygen atoms in total. The Morgan fingerprint density at radius 3 is 2.00 bits per heavy atom. The fourth-order valence-corrected chi connectivity index (χ4v) is 0.665. The van der Waals surface area contributed by atoms with Crippen molar-refractivity contribution in [3.8, 4) is 0 Å². The van der Waals surface area contributed by atoms with E-state index in [1.165, 1.54) is 7.05 Å². The van der Waals surface area contributed by atoms with Gasteiger partial charge in [0.1, 0.15) is 0 Å². The minimum Gasteiger partial charge on any atom is -0.280 e. The first-order valence-electron chi connectivity index (χ1n) is 3.15. The van der Waals surface area contributed by atoms with Crippen molar-refractivity contribution in [1.82, 2.24) is 9.61 Å². The molecule has 0 spiro atoms. The Bertz CT molecular complexity index is 204. The first-order valence-corrected chi connectivity index (χ1v) is 4.63. The molecule has 0 rings (SSSR count). The number of hydrogen-bond donors (Lipinski definition) is 2. The van der Waals surface area contributed by atoms with E-state index in [4.69, 9.17) is 4.84 Å². The molecule has 0 bridgehead atoms. The fraction of sp³-hybridized carbons (Fsp3) is 1.00. The molecule has 0 unspecified atom stereocenters. The van der Waals surface area contributed by atoms with Crippen LogP contribution in [-0.2, 0) is 15.0 Å². The lowest BCUT2D eigenvalue weighted by Crippen LogP contribution is -2.39. The molecule has 0 radical (unpaired) electrons. The van der Waals surface area contributed by atoms with Crippen LogP contribution in [0.1, 0.15) is 20.8 Å². The van der Waals surface area contributed by atoms with Crippen LogP contribution in [0.2, 0.25) is 0 Å². The molecule has 6 heteroatoms. The van der Waals surface area contributed by atoms with E-state index >= 15 is 0 Å². The van der Waals surface area contributed by atoms with Crippen molar-refractivity contribution >= 4 is 10.2 Å². The summed E-state index contributed by atoms with van der Waals surface area (Å²) in [6.07, 6.45) is 0. The quantitative estimate of drug-likeness (QED) is 0.592. The molecule has 0 amide bonds. The summed E-state index contributed by atoms with van der Waals surface area (Å²) in [6.45, 7) is 5.22. The molecule has 0 saturated carbocycles. The average molecular weight is 182 g/mol. The molecule has 0 atom stereocenters. The second-order valence-electron chi connectivity index (χ2n) is 3.01. The van der Waals surface area contributed by atoms with Gasteiger partial charge < -0.3 is 0 Å². The molecule has 0 aromatic rings. The predicted molar refractivity (Wildman–Crippen MR) is 42.0 cm³/mol. The minimum absolute atomic E-state index is 0.524. The predicted octanol–water partition coefficient (Wildman–Crippen LogP) is -0.230. The first kappa shape index (κ1) is 10.8. The second-order valence-corrected chi connectivity index (χ2v) is 4.59. The number of nitrogens with one attached hydrogen (secondary N) is 2. The van der Waals surface area contributed by atoms with Crippen LogP contribution >= 0.6 is 0 Å². The Morgan fingerprint density at radius 1 is 1.27 bits per heavy atom. The van der Waals surface area contributed by atoms with Gasteiger partial charge in [-0.15, -0.1) is 0 Å². The van der Waals surface area contributed by atoms with Gasteiger partial charge in [0.2, 0.25) is 0 Å². The Morgan fingerprint density at radius 2 is 1.73 bits per heavy atom. The van der Waals surface area contributed by atoms with Crippen molar-refractivity contribution in [1.29, 1.82) is 0 Å². The van der Waals surface area contributed by atoms with Crippen LogP contribution in [0.3, 0.4) is 0 Å². The van der Waals surface area contributed by atoms with Gasteiger partial charge in [-0.1, -0.05) is 4.89 Å². The third kappa shape index (κ3) is 6.24. The lowest BCUT2D eigenvalue weighted by atomic mass is 10.2. The van der Waals surface area contributed by atoms with Gasteiger partial charge in [0.25, 0.3) is 10.2 Å². The summed E-state index contributed by atoms with van der Waals surface area (Å²) in [5.41, 5.74) is -0.524. The SMILES string of the molecule is CNS(=O)(=O)NOC(C)(C)C. The summed E-state index contributed by atoms with van der Waals surface area (Å²) in [5, 5.41) is 0. The molecule has 0 aliphatic rings. The van der Waals surface area contributed by atoms with E-state index in [9.17, 15) is 8.42 Å². The van der Waals surface area contributed by atoms with Gasteiger partial charge in [0.15, 0.2) is 0 Å². The Labute approximate surface area is 67.3 Å². The monoisotopic (exact) mass is 182 g/mol. The largest absolute Gasteiger partial charge is 0.298 e. The maximum atomic E-state index is 10.7. The first-order chi connectivity index (χ1) is 4.77. The van der Waals surface area contributed by atoms with E-state index in [2.05, 4.69) is 4.72 Å². The Hall–Kier alpha value is -0.170. The van der Waals surface area contributed by atoms with E-state index in [-0.39, 0.29) is 0 Å². The molecular weight excluding hydrogens is 168 g/mol. The fourth-order valence-electron chi connectivity index (χ4n) is 0.222. The molecule has 0 fully saturated rings. The summed E-state index contributed by atoms with van der Waals surface area (Å²) in [4.78, 5) is 6.69. The molecule has 0 aromatic heterocycles. The maximum Gasteiger partial charge on any atom is 0.298 e. The van der Waals surface area contributed by atoms with Crippen LogP contribution in [0.5, 0.6) is 0 Å². The molecule has 0 aromatic carbocycles. The van der Waals surface area contributed by atoms with E-state index in [0.717, 1.165) is 0 Å². The van der Waals surface area contributed by atoms with E-state index in [1.54, 1.807) is 20.8 Å². The van der Waals surface area contributed by atoms with Crippen molar-refractivity contribution in [2.75, 3.05) is 7.05 Å². The Balaban J connectivity index is 3.91. The van der Waals surface area contributed by atoms with Crippen LogP contribution in [0, 0.1) is 0 Å². The summed E-state index contributed by atoms with van der Waals surface area (Å²) in [7, 11) is -2.17. The summed E-state index contributed by atoms with van der Waals surface area (Å²) in [5.74, 6) is 0. The normalized spacial score (nSPS) is 13.5. The molecule has 2 N–H and O–H groups in total. The number of hydrogen-bond acceptors (Lipinski definition) is 3. The van der Waals surface area contributed by atoms with Gasteiger partial charge in [-0.2, -0.15) is 8.42 Å². The highest BCUT2D eigenvalue weighted by atomic mass is 32.2. The lowest BCUT2D eigenvalue weighted by molar-refractivity contribution is -0.0361. The zero-order valence-corrected chi connectivity index (χ0v) is 7.95. The molecule has 11 heavy (non-hydrogen) atoms. The van der Waals surface area contributed by atoms with E-state index < -0.39 is 15.8 Å². The minimum atomic E-state index is -3.47. The van der Waals surface area contributed by atoms with Crippen molar-refractivity contribution in [2.24, 2.45) is 0 Å². The smallest absolute Gasteiger partial charge is 0.280 e. The van der Waals surface area contributed by atoms with Gasteiger partial charge in [-0.3, -0.25) is 4.84 Å². The lowest BCUT2D eigenvalue weighted by Gasteiger charge is -2.18. The van der Waals surface area contributed by atoms with Crippen molar-refractivity contribution in [3.63, 3.8) is 0 Å². The topological polar surface area (TPSA) is 67.4 Å².